The second kappa shape index (κ2) is 7.50. The number of benzene rings is 2. The molecule has 0 radical (unpaired) electrons. The molecule has 2 aliphatic heterocycles. The number of ether oxygens (including phenoxy) is 1. The standard InChI is InChI=1S/C21H22N2O4/c24-20-14-27-19-13-22(10-16-6-8-17(9-7-16)21(25)26)12-18(19)23(20)11-15-4-2-1-3-5-15/h1-9,18-19H,10-14H2,(H,25,26)/t18-,19+/m1/s1. The van der Waals surface area contributed by atoms with Gasteiger partial charge in [0.2, 0.25) is 5.91 Å². The van der Waals surface area contributed by atoms with Crippen LogP contribution in [0.1, 0.15) is 21.5 Å². The molecular weight excluding hydrogens is 344 g/mol. The molecule has 4 rings (SSSR count). The van der Waals surface area contributed by atoms with E-state index in [9.17, 15) is 9.59 Å². The summed E-state index contributed by atoms with van der Waals surface area (Å²) in [5, 5.41) is 9.01. The zero-order valence-electron chi connectivity index (χ0n) is 15.0. The number of carbonyl (C=O) groups is 2. The lowest BCUT2D eigenvalue weighted by Crippen LogP contribution is -2.53. The molecule has 0 spiro atoms. The van der Waals surface area contributed by atoms with Crippen LogP contribution in [0, 0.1) is 0 Å². The molecule has 6 nitrogen and oxygen atoms in total. The van der Waals surface area contributed by atoms with Crippen molar-refractivity contribution in [3.63, 3.8) is 0 Å². The zero-order valence-corrected chi connectivity index (χ0v) is 15.0. The molecule has 1 N–H and O–H groups in total. The summed E-state index contributed by atoms with van der Waals surface area (Å²) < 4.78 is 5.79. The SMILES string of the molecule is O=C(O)c1ccc(CN2C[C@@H]3OCC(=O)N(Cc4ccccc4)[C@@H]3C2)cc1. The number of carboxylic acids is 1. The van der Waals surface area contributed by atoms with Crippen molar-refractivity contribution in [1.82, 2.24) is 9.80 Å². The van der Waals surface area contributed by atoms with Gasteiger partial charge in [-0.1, -0.05) is 42.5 Å². The smallest absolute Gasteiger partial charge is 0.335 e. The van der Waals surface area contributed by atoms with Gasteiger partial charge in [-0.05, 0) is 23.3 Å². The fourth-order valence-electron chi connectivity index (χ4n) is 3.87. The maximum Gasteiger partial charge on any atom is 0.335 e. The second-order valence-electron chi connectivity index (χ2n) is 7.12. The molecule has 2 aromatic rings. The molecule has 2 aromatic carbocycles. The minimum absolute atomic E-state index is 0.0182. The molecule has 1 amide bonds. The van der Waals surface area contributed by atoms with Crippen LogP contribution in [0.25, 0.3) is 0 Å². The van der Waals surface area contributed by atoms with E-state index in [0.29, 0.717) is 13.1 Å². The Morgan fingerprint density at radius 3 is 2.41 bits per heavy atom. The van der Waals surface area contributed by atoms with Gasteiger partial charge < -0.3 is 14.7 Å². The van der Waals surface area contributed by atoms with Crippen LogP contribution in [-0.2, 0) is 22.6 Å². The number of hydrogen-bond donors (Lipinski definition) is 1. The number of amides is 1. The first kappa shape index (κ1) is 17.7. The number of carboxylic acid groups (broad SMARTS) is 1. The molecule has 0 aliphatic carbocycles. The van der Waals surface area contributed by atoms with E-state index in [1.807, 2.05) is 47.4 Å². The quantitative estimate of drug-likeness (QED) is 0.876. The molecule has 2 fully saturated rings. The monoisotopic (exact) mass is 366 g/mol. The summed E-state index contributed by atoms with van der Waals surface area (Å²) in [7, 11) is 0. The number of fused-ring (bicyclic) bond motifs is 1. The summed E-state index contributed by atoms with van der Waals surface area (Å²) in [5.74, 6) is -0.884. The van der Waals surface area contributed by atoms with Gasteiger partial charge in [0.05, 0.1) is 17.7 Å². The maximum atomic E-state index is 12.4. The van der Waals surface area contributed by atoms with Crippen molar-refractivity contribution in [3.05, 3.63) is 71.3 Å². The molecule has 2 heterocycles. The predicted molar refractivity (Wildman–Crippen MR) is 99.2 cm³/mol. The molecule has 0 aromatic heterocycles. The van der Waals surface area contributed by atoms with E-state index in [0.717, 1.165) is 24.2 Å². The van der Waals surface area contributed by atoms with Gasteiger partial charge in [0.25, 0.3) is 0 Å². The van der Waals surface area contributed by atoms with E-state index in [-0.39, 0.29) is 30.2 Å². The molecule has 2 atom stereocenters. The van der Waals surface area contributed by atoms with Gasteiger partial charge in [-0.2, -0.15) is 0 Å². The summed E-state index contributed by atoms with van der Waals surface area (Å²) >= 11 is 0. The van der Waals surface area contributed by atoms with Gasteiger partial charge in [0.1, 0.15) is 6.61 Å². The van der Waals surface area contributed by atoms with Crippen LogP contribution in [-0.4, -0.2) is 58.6 Å². The number of hydrogen-bond acceptors (Lipinski definition) is 4. The van der Waals surface area contributed by atoms with E-state index in [4.69, 9.17) is 9.84 Å². The first-order chi connectivity index (χ1) is 13.1. The molecule has 2 aliphatic rings. The predicted octanol–water partition coefficient (Wildman–Crippen LogP) is 2.00. The van der Waals surface area contributed by atoms with Gasteiger partial charge in [-0.25, -0.2) is 4.79 Å². The maximum absolute atomic E-state index is 12.4. The molecule has 0 saturated carbocycles. The van der Waals surface area contributed by atoms with Crippen molar-refractivity contribution >= 4 is 11.9 Å². The lowest BCUT2D eigenvalue weighted by molar-refractivity contribution is -0.153. The first-order valence-electron chi connectivity index (χ1n) is 9.10. The van der Waals surface area contributed by atoms with E-state index in [1.165, 1.54) is 0 Å². The average molecular weight is 366 g/mol. The Labute approximate surface area is 158 Å². The molecular formula is C21H22N2O4. The van der Waals surface area contributed by atoms with E-state index in [1.54, 1.807) is 12.1 Å². The van der Waals surface area contributed by atoms with Gasteiger partial charge in [0, 0.05) is 26.2 Å². The Morgan fingerprint density at radius 1 is 1.00 bits per heavy atom. The summed E-state index contributed by atoms with van der Waals surface area (Å²) in [6, 6.07) is 17.0. The van der Waals surface area contributed by atoms with Crippen molar-refractivity contribution < 1.29 is 19.4 Å². The van der Waals surface area contributed by atoms with Gasteiger partial charge >= 0.3 is 5.97 Å². The number of morpholine rings is 1. The lowest BCUT2D eigenvalue weighted by Gasteiger charge is -2.36. The van der Waals surface area contributed by atoms with E-state index in [2.05, 4.69) is 4.90 Å². The zero-order chi connectivity index (χ0) is 18.8. The van der Waals surface area contributed by atoms with E-state index >= 15 is 0 Å². The Hall–Kier alpha value is -2.70. The van der Waals surface area contributed by atoms with Crippen LogP contribution >= 0.6 is 0 Å². The van der Waals surface area contributed by atoms with Gasteiger partial charge in [-0.3, -0.25) is 9.69 Å². The number of nitrogens with zero attached hydrogens (tertiary/aromatic N) is 2. The number of rotatable bonds is 5. The second-order valence-corrected chi connectivity index (χ2v) is 7.12. The number of likely N-dealkylation sites (tertiary alicyclic amines) is 1. The minimum atomic E-state index is -0.919. The number of carbonyl (C=O) groups excluding carboxylic acids is 1. The highest BCUT2D eigenvalue weighted by Crippen LogP contribution is 2.26. The normalized spacial score (nSPS) is 22.7. The Kier molecular flexibility index (Phi) is 4.92. The molecule has 27 heavy (non-hydrogen) atoms. The average Bonchev–Trinajstić information content (AvgIpc) is 3.08. The van der Waals surface area contributed by atoms with Gasteiger partial charge in [0.15, 0.2) is 0 Å². The Morgan fingerprint density at radius 2 is 1.70 bits per heavy atom. The summed E-state index contributed by atoms with van der Waals surface area (Å²) in [4.78, 5) is 27.6. The third-order valence-electron chi connectivity index (χ3n) is 5.26. The van der Waals surface area contributed by atoms with Crippen LogP contribution in [0.2, 0.25) is 0 Å². The molecule has 0 bridgehead atoms. The highest BCUT2D eigenvalue weighted by atomic mass is 16.5. The van der Waals surface area contributed by atoms with Crippen LogP contribution in [0.3, 0.4) is 0 Å². The molecule has 140 valence electrons. The third-order valence-corrected chi connectivity index (χ3v) is 5.26. The summed E-state index contributed by atoms with van der Waals surface area (Å²) in [6.45, 7) is 2.97. The largest absolute Gasteiger partial charge is 0.478 e. The van der Waals surface area contributed by atoms with E-state index < -0.39 is 5.97 Å². The van der Waals surface area contributed by atoms with Crippen molar-refractivity contribution in [1.29, 1.82) is 0 Å². The lowest BCUT2D eigenvalue weighted by atomic mass is 10.1. The van der Waals surface area contributed by atoms with Crippen molar-refractivity contribution in [2.45, 2.75) is 25.2 Å². The van der Waals surface area contributed by atoms with Crippen LogP contribution in [0.4, 0.5) is 0 Å². The Bertz CT molecular complexity index is 822. The molecule has 0 unspecified atom stereocenters. The molecule has 2 saturated heterocycles. The van der Waals surface area contributed by atoms with Crippen LogP contribution in [0.15, 0.2) is 54.6 Å². The Balaban J connectivity index is 1.44. The highest BCUT2D eigenvalue weighted by Gasteiger charge is 2.42. The topological polar surface area (TPSA) is 70.1 Å². The van der Waals surface area contributed by atoms with Crippen molar-refractivity contribution in [2.75, 3.05) is 19.7 Å². The first-order valence-corrected chi connectivity index (χ1v) is 9.10. The van der Waals surface area contributed by atoms with Crippen molar-refractivity contribution in [2.24, 2.45) is 0 Å². The van der Waals surface area contributed by atoms with Crippen LogP contribution < -0.4 is 0 Å². The number of aromatic carboxylic acids is 1. The third kappa shape index (κ3) is 3.86. The van der Waals surface area contributed by atoms with Crippen molar-refractivity contribution in [3.8, 4) is 0 Å². The highest BCUT2D eigenvalue weighted by molar-refractivity contribution is 5.87. The fraction of sp³-hybridized carbons (Fsp3) is 0.333. The minimum Gasteiger partial charge on any atom is -0.478 e. The van der Waals surface area contributed by atoms with Gasteiger partial charge in [-0.15, -0.1) is 0 Å². The fourth-order valence-corrected chi connectivity index (χ4v) is 3.87. The summed E-state index contributed by atoms with van der Waals surface area (Å²) in [5.41, 5.74) is 2.46. The summed E-state index contributed by atoms with van der Waals surface area (Å²) in [6.07, 6.45) is 0.0182. The van der Waals surface area contributed by atoms with Crippen LogP contribution in [0.5, 0.6) is 0 Å². The molecule has 6 heteroatoms.